The first-order chi connectivity index (χ1) is 9.81. The quantitative estimate of drug-likeness (QED) is 0.843. The van der Waals surface area contributed by atoms with Gasteiger partial charge in [-0.1, -0.05) is 6.07 Å². The Hall–Kier alpha value is -1.13. The number of rotatable bonds is 3. The van der Waals surface area contributed by atoms with E-state index in [4.69, 9.17) is 4.74 Å². The van der Waals surface area contributed by atoms with Gasteiger partial charge in [-0.3, -0.25) is 4.90 Å². The molecule has 3 rings (SSSR count). The fraction of sp³-hybridized carbons (Fsp3) is 0.688. The Labute approximate surface area is 121 Å². The largest absolute Gasteiger partial charge is 0.379 e. The molecule has 0 N–H and O–H groups in total. The fourth-order valence-electron chi connectivity index (χ4n) is 3.28. The molecule has 20 heavy (non-hydrogen) atoms. The standard InChI is InChI=1S/C16H25N3O/c1-14-4-2-6-16(17-14)19-7-3-5-15(13-19)12-18-8-10-20-11-9-18/h2,4,6,15H,3,5,7-13H2,1H3/t15-/m0/s1. The molecule has 0 bridgehead atoms. The molecule has 2 saturated heterocycles. The second kappa shape index (κ2) is 6.55. The van der Waals surface area contributed by atoms with Gasteiger partial charge < -0.3 is 9.64 Å². The molecule has 0 spiro atoms. The monoisotopic (exact) mass is 275 g/mol. The van der Waals surface area contributed by atoms with Crippen LogP contribution in [0.3, 0.4) is 0 Å². The first-order valence-corrected chi connectivity index (χ1v) is 7.80. The summed E-state index contributed by atoms with van der Waals surface area (Å²) in [4.78, 5) is 9.69. The van der Waals surface area contributed by atoms with Crippen molar-refractivity contribution in [1.82, 2.24) is 9.88 Å². The van der Waals surface area contributed by atoms with Crippen molar-refractivity contribution in [2.75, 3.05) is 50.8 Å². The van der Waals surface area contributed by atoms with E-state index >= 15 is 0 Å². The molecule has 1 aromatic heterocycles. The minimum Gasteiger partial charge on any atom is -0.379 e. The maximum atomic E-state index is 5.43. The maximum Gasteiger partial charge on any atom is 0.128 e. The molecule has 2 aliphatic rings. The lowest BCUT2D eigenvalue weighted by Gasteiger charge is -2.37. The molecule has 0 saturated carbocycles. The topological polar surface area (TPSA) is 28.6 Å². The number of aromatic nitrogens is 1. The van der Waals surface area contributed by atoms with Crippen molar-refractivity contribution in [2.24, 2.45) is 5.92 Å². The molecule has 4 heteroatoms. The van der Waals surface area contributed by atoms with Crippen molar-refractivity contribution >= 4 is 5.82 Å². The smallest absolute Gasteiger partial charge is 0.128 e. The number of morpholine rings is 1. The molecule has 3 heterocycles. The van der Waals surface area contributed by atoms with Crippen LogP contribution < -0.4 is 4.90 Å². The Morgan fingerprint density at radius 2 is 2.10 bits per heavy atom. The van der Waals surface area contributed by atoms with Crippen LogP contribution in [-0.2, 0) is 4.74 Å². The van der Waals surface area contributed by atoms with Crippen molar-refractivity contribution in [3.05, 3.63) is 23.9 Å². The van der Waals surface area contributed by atoms with Gasteiger partial charge in [0.25, 0.3) is 0 Å². The third-order valence-electron chi connectivity index (χ3n) is 4.34. The summed E-state index contributed by atoms with van der Waals surface area (Å²) < 4.78 is 5.43. The van der Waals surface area contributed by atoms with Gasteiger partial charge >= 0.3 is 0 Å². The predicted molar refractivity (Wildman–Crippen MR) is 81.2 cm³/mol. The van der Waals surface area contributed by atoms with E-state index in [0.29, 0.717) is 0 Å². The van der Waals surface area contributed by atoms with Crippen LogP contribution in [0.25, 0.3) is 0 Å². The van der Waals surface area contributed by atoms with E-state index < -0.39 is 0 Å². The Morgan fingerprint density at radius 3 is 2.90 bits per heavy atom. The van der Waals surface area contributed by atoms with Crippen LogP contribution in [0.15, 0.2) is 18.2 Å². The first-order valence-electron chi connectivity index (χ1n) is 7.80. The average molecular weight is 275 g/mol. The summed E-state index contributed by atoms with van der Waals surface area (Å²) in [7, 11) is 0. The van der Waals surface area contributed by atoms with Gasteiger partial charge in [0.2, 0.25) is 0 Å². The van der Waals surface area contributed by atoms with E-state index in [1.54, 1.807) is 0 Å². The van der Waals surface area contributed by atoms with Crippen molar-refractivity contribution < 1.29 is 4.74 Å². The van der Waals surface area contributed by atoms with E-state index in [9.17, 15) is 0 Å². The summed E-state index contributed by atoms with van der Waals surface area (Å²) in [6.07, 6.45) is 2.63. The highest BCUT2D eigenvalue weighted by molar-refractivity contribution is 5.39. The highest BCUT2D eigenvalue weighted by atomic mass is 16.5. The van der Waals surface area contributed by atoms with E-state index in [0.717, 1.165) is 56.8 Å². The molecule has 0 unspecified atom stereocenters. The molecular formula is C16H25N3O. The zero-order chi connectivity index (χ0) is 13.8. The van der Waals surface area contributed by atoms with Gasteiger partial charge in [-0.05, 0) is 37.8 Å². The normalized spacial score (nSPS) is 24.9. The van der Waals surface area contributed by atoms with Crippen LogP contribution in [0.5, 0.6) is 0 Å². The maximum absolute atomic E-state index is 5.43. The number of nitrogens with zero attached hydrogens (tertiary/aromatic N) is 3. The van der Waals surface area contributed by atoms with Crippen LogP contribution in [0.2, 0.25) is 0 Å². The van der Waals surface area contributed by atoms with Crippen molar-refractivity contribution in [2.45, 2.75) is 19.8 Å². The highest BCUT2D eigenvalue weighted by Gasteiger charge is 2.23. The lowest BCUT2D eigenvalue weighted by molar-refractivity contribution is 0.0296. The summed E-state index contributed by atoms with van der Waals surface area (Å²) in [5.74, 6) is 1.92. The number of ether oxygens (including phenoxy) is 1. The lowest BCUT2D eigenvalue weighted by Crippen LogP contribution is -2.44. The van der Waals surface area contributed by atoms with Gasteiger partial charge in [0.15, 0.2) is 0 Å². The molecule has 2 aliphatic heterocycles. The van der Waals surface area contributed by atoms with E-state index in [1.807, 2.05) is 0 Å². The molecule has 2 fully saturated rings. The number of hydrogen-bond donors (Lipinski definition) is 0. The molecule has 1 aromatic rings. The number of pyridine rings is 1. The Morgan fingerprint density at radius 1 is 1.25 bits per heavy atom. The number of aryl methyl sites for hydroxylation is 1. The van der Waals surface area contributed by atoms with Gasteiger partial charge in [0, 0.05) is 38.4 Å². The van der Waals surface area contributed by atoms with Gasteiger partial charge in [-0.25, -0.2) is 4.98 Å². The molecule has 4 nitrogen and oxygen atoms in total. The Balaban J connectivity index is 1.58. The lowest BCUT2D eigenvalue weighted by atomic mass is 9.97. The van der Waals surface area contributed by atoms with Crippen molar-refractivity contribution in [3.8, 4) is 0 Å². The Bertz CT molecular complexity index is 431. The zero-order valence-corrected chi connectivity index (χ0v) is 12.4. The van der Waals surface area contributed by atoms with Gasteiger partial charge in [-0.2, -0.15) is 0 Å². The minimum atomic E-state index is 0.768. The number of piperidine rings is 1. The van der Waals surface area contributed by atoms with Crippen LogP contribution >= 0.6 is 0 Å². The first kappa shape index (κ1) is 13.8. The van der Waals surface area contributed by atoms with Crippen molar-refractivity contribution in [3.63, 3.8) is 0 Å². The molecule has 0 amide bonds. The summed E-state index contributed by atoms with van der Waals surface area (Å²) >= 11 is 0. The van der Waals surface area contributed by atoms with Crippen molar-refractivity contribution in [1.29, 1.82) is 0 Å². The fourth-order valence-corrected chi connectivity index (χ4v) is 3.28. The molecule has 110 valence electrons. The minimum absolute atomic E-state index is 0.768. The van der Waals surface area contributed by atoms with Crippen LogP contribution in [0.4, 0.5) is 5.82 Å². The van der Waals surface area contributed by atoms with Crippen LogP contribution in [-0.4, -0.2) is 55.8 Å². The van der Waals surface area contributed by atoms with Gasteiger partial charge in [0.05, 0.1) is 13.2 Å². The van der Waals surface area contributed by atoms with Gasteiger partial charge in [-0.15, -0.1) is 0 Å². The zero-order valence-electron chi connectivity index (χ0n) is 12.4. The molecule has 0 aliphatic carbocycles. The molecular weight excluding hydrogens is 250 g/mol. The second-order valence-corrected chi connectivity index (χ2v) is 6.00. The van der Waals surface area contributed by atoms with Crippen LogP contribution in [0, 0.1) is 12.8 Å². The van der Waals surface area contributed by atoms with Crippen LogP contribution in [0.1, 0.15) is 18.5 Å². The molecule has 1 atom stereocenters. The third kappa shape index (κ3) is 3.49. The average Bonchev–Trinajstić information content (AvgIpc) is 2.49. The summed E-state index contributed by atoms with van der Waals surface area (Å²) in [6, 6.07) is 6.33. The summed E-state index contributed by atoms with van der Waals surface area (Å²) in [5.41, 5.74) is 1.11. The number of hydrogen-bond acceptors (Lipinski definition) is 4. The van der Waals surface area contributed by atoms with Gasteiger partial charge in [0.1, 0.15) is 5.82 Å². The van der Waals surface area contributed by atoms with E-state index in [1.165, 1.54) is 19.4 Å². The highest BCUT2D eigenvalue weighted by Crippen LogP contribution is 2.22. The SMILES string of the molecule is Cc1cccc(N2CCC[C@@H](CN3CCOCC3)C2)n1. The molecule has 0 radical (unpaired) electrons. The Kier molecular flexibility index (Phi) is 4.53. The predicted octanol–water partition coefficient (Wildman–Crippen LogP) is 1.94. The van der Waals surface area contributed by atoms with E-state index in [2.05, 4.69) is 39.9 Å². The van der Waals surface area contributed by atoms with E-state index in [-0.39, 0.29) is 0 Å². The third-order valence-corrected chi connectivity index (χ3v) is 4.34. The molecule has 0 aromatic carbocycles. The number of anilines is 1. The second-order valence-electron chi connectivity index (χ2n) is 6.00. The summed E-state index contributed by atoms with van der Waals surface area (Å²) in [6.45, 7) is 9.57. The summed E-state index contributed by atoms with van der Waals surface area (Å²) in [5, 5.41) is 0.